The molecular formula is C19H27N5O. The number of carbonyl (C=O) groups excluding carboxylic acids is 1. The van der Waals surface area contributed by atoms with Crippen LogP contribution in [0.5, 0.6) is 0 Å². The highest BCUT2D eigenvalue weighted by molar-refractivity contribution is 5.78. The lowest BCUT2D eigenvalue weighted by Gasteiger charge is -2.25. The molecule has 2 aromatic rings. The molecule has 3 heterocycles. The molecule has 6 nitrogen and oxygen atoms in total. The van der Waals surface area contributed by atoms with Gasteiger partial charge in [0.15, 0.2) is 0 Å². The van der Waals surface area contributed by atoms with E-state index in [1.807, 2.05) is 24.5 Å². The molecule has 1 fully saturated rings. The number of carbonyl (C=O) groups is 1. The van der Waals surface area contributed by atoms with Crippen LogP contribution in [0.2, 0.25) is 0 Å². The molecule has 2 N–H and O–H groups in total. The predicted octanol–water partition coefficient (Wildman–Crippen LogP) is 2.38. The summed E-state index contributed by atoms with van der Waals surface area (Å²) in [6.07, 6.45) is 5.17. The standard InChI is InChI=1S/C19H27N5O/c1-19(2,3)17-10-16(22-23-17)13-24(11-14-6-8-20-9-7-14)12-15-4-5-18(25)21-15/h6-10,15H,4-5,11-13H2,1-3H3,(H,21,25)(H,22,23)/t15-/m0/s1. The van der Waals surface area contributed by atoms with Crippen molar-refractivity contribution in [1.29, 1.82) is 0 Å². The Kier molecular flexibility index (Phi) is 5.18. The molecule has 0 aliphatic carbocycles. The van der Waals surface area contributed by atoms with E-state index in [0.717, 1.165) is 37.4 Å². The summed E-state index contributed by atoms with van der Waals surface area (Å²) in [6, 6.07) is 6.44. The molecule has 6 heteroatoms. The van der Waals surface area contributed by atoms with E-state index in [9.17, 15) is 4.79 Å². The third-order valence-electron chi connectivity index (χ3n) is 4.51. The number of nitrogens with zero attached hydrogens (tertiary/aromatic N) is 3. The monoisotopic (exact) mass is 341 g/mol. The number of pyridine rings is 1. The number of nitrogens with one attached hydrogen (secondary N) is 2. The smallest absolute Gasteiger partial charge is 0.220 e. The van der Waals surface area contributed by atoms with Gasteiger partial charge in [-0.1, -0.05) is 20.8 Å². The normalized spacial score (nSPS) is 17.9. The molecular weight excluding hydrogens is 314 g/mol. The fourth-order valence-electron chi connectivity index (χ4n) is 3.13. The van der Waals surface area contributed by atoms with Crippen LogP contribution in [0.1, 0.15) is 50.6 Å². The maximum absolute atomic E-state index is 11.5. The van der Waals surface area contributed by atoms with E-state index < -0.39 is 0 Å². The summed E-state index contributed by atoms with van der Waals surface area (Å²) in [5.41, 5.74) is 3.42. The maximum Gasteiger partial charge on any atom is 0.220 e. The van der Waals surface area contributed by atoms with Crippen molar-refractivity contribution in [2.24, 2.45) is 0 Å². The molecule has 0 spiro atoms. The SMILES string of the molecule is CC(C)(C)c1cc(CN(Cc2ccncc2)C[C@@H]2CCC(=O)N2)[nH]n1. The Balaban J connectivity index is 1.71. The summed E-state index contributed by atoms with van der Waals surface area (Å²) in [4.78, 5) is 18.0. The number of amides is 1. The van der Waals surface area contributed by atoms with Crippen LogP contribution in [0.4, 0.5) is 0 Å². The topological polar surface area (TPSA) is 73.9 Å². The van der Waals surface area contributed by atoms with Crippen molar-refractivity contribution >= 4 is 5.91 Å². The average Bonchev–Trinajstić information content (AvgIpc) is 3.17. The Morgan fingerprint density at radius 1 is 1.24 bits per heavy atom. The van der Waals surface area contributed by atoms with Crippen molar-refractivity contribution in [2.75, 3.05) is 6.54 Å². The zero-order valence-corrected chi connectivity index (χ0v) is 15.2. The molecule has 0 bridgehead atoms. The van der Waals surface area contributed by atoms with Gasteiger partial charge in [0.25, 0.3) is 0 Å². The van der Waals surface area contributed by atoms with E-state index in [1.54, 1.807) is 0 Å². The maximum atomic E-state index is 11.5. The second-order valence-electron chi connectivity index (χ2n) is 7.86. The lowest BCUT2D eigenvalue weighted by molar-refractivity contribution is -0.119. The number of hydrogen-bond acceptors (Lipinski definition) is 4. The van der Waals surface area contributed by atoms with E-state index in [4.69, 9.17) is 0 Å². The zero-order chi connectivity index (χ0) is 17.9. The number of H-pyrrole nitrogens is 1. The highest BCUT2D eigenvalue weighted by Crippen LogP contribution is 2.21. The Morgan fingerprint density at radius 2 is 2.00 bits per heavy atom. The predicted molar refractivity (Wildman–Crippen MR) is 96.8 cm³/mol. The van der Waals surface area contributed by atoms with Crippen molar-refractivity contribution < 1.29 is 4.79 Å². The van der Waals surface area contributed by atoms with Crippen LogP contribution in [0.15, 0.2) is 30.6 Å². The molecule has 2 aromatic heterocycles. The Labute approximate surface area is 149 Å². The van der Waals surface area contributed by atoms with E-state index in [2.05, 4.69) is 52.2 Å². The van der Waals surface area contributed by atoms with Crippen LogP contribution < -0.4 is 5.32 Å². The van der Waals surface area contributed by atoms with Gasteiger partial charge in [-0.3, -0.25) is 19.8 Å². The molecule has 134 valence electrons. The Morgan fingerprint density at radius 3 is 2.60 bits per heavy atom. The highest BCUT2D eigenvalue weighted by atomic mass is 16.1. The van der Waals surface area contributed by atoms with Gasteiger partial charge in [0.05, 0.1) is 5.69 Å². The molecule has 3 rings (SSSR count). The lowest BCUT2D eigenvalue weighted by atomic mass is 9.92. The first-order chi connectivity index (χ1) is 11.9. The van der Waals surface area contributed by atoms with Gasteiger partial charge in [0.2, 0.25) is 5.91 Å². The van der Waals surface area contributed by atoms with Crippen LogP contribution in [-0.2, 0) is 23.3 Å². The van der Waals surface area contributed by atoms with Crippen molar-refractivity contribution in [2.45, 2.75) is 58.2 Å². The minimum atomic E-state index is 0.0319. The summed E-state index contributed by atoms with van der Waals surface area (Å²) in [5, 5.41) is 10.7. The van der Waals surface area contributed by atoms with Gasteiger partial charge in [0, 0.05) is 55.6 Å². The third kappa shape index (κ3) is 4.89. The first kappa shape index (κ1) is 17.6. The number of rotatable bonds is 6. The molecule has 1 saturated heterocycles. The second kappa shape index (κ2) is 7.35. The Hall–Kier alpha value is -2.21. The summed E-state index contributed by atoms with van der Waals surface area (Å²) in [5.74, 6) is 0.158. The van der Waals surface area contributed by atoms with Gasteiger partial charge < -0.3 is 5.32 Å². The van der Waals surface area contributed by atoms with Crippen LogP contribution in [-0.4, -0.2) is 38.6 Å². The van der Waals surface area contributed by atoms with Crippen molar-refractivity contribution in [3.63, 3.8) is 0 Å². The van der Waals surface area contributed by atoms with Crippen molar-refractivity contribution in [3.05, 3.63) is 47.5 Å². The molecule has 1 amide bonds. The molecule has 0 aromatic carbocycles. The largest absolute Gasteiger partial charge is 0.352 e. The second-order valence-corrected chi connectivity index (χ2v) is 7.86. The molecule has 0 saturated carbocycles. The molecule has 1 aliphatic rings. The fraction of sp³-hybridized carbons (Fsp3) is 0.526. The summed E-state index contributed by atoms with van der Waals surface area (Å²) in [7, 11) is 0. The van der Waals surface area contributed by atoms with Gasteiger partial charge >= 0.3 is 0 Å². The lowest BCUT2D eigenvalue weighted by Crippen LogP contribution is -2.38. The average molecular weight is 341 g/mol. The highest BCUT2D eigenvalue weighted by Gasteiger charge is 2.24. The van der Waals surface area contributed by atoms with Crippen LogP contribution in [0, 0.1) is 0 Å². The van der Waals surface area contributed by atoms with Gasteiger partial charge in [-0.25, -0.2) is 0 Å². The van der Waals surface area contributed by atoms with Gasteiger partial charge in [0.1, 0.15) is 0 Å². The summed E-state index contributed by atoms with van der Waals surface area (Å²) >= 11 is 0. The quantitative estimate of drug-likeness (QED) is 0.846. The van der Waals surface area contributed by atoms with Gasteiger partial charge in [-0.2, -0.15) is 5.10 Å². The number of aromatic amines is 1. The van der Waals surface area contributed by atoms with Crippen LogP contribution in [0.25, 0.3) is 0 Å². The van der Waals surface area contributed by atoms with Crippen molar-refractivity contribution in [1.82, 2.24) is 25.4 Å². The van der Waals surface area contributed by atoms with Crippen LogP contribution in [0.3, 0.4) is 0 Å². The number of hydrogen-bond donors (Lipinski definition) is 2. The van der Waals surface area contributed by atoms with E-state index >= 15 is 0 Å². The van der Waals surface area contributed by atoms with Crippen molar-refractivity contribution in [3.8, 4) is 0 Å². The van der Waals surface area contributed by atoms with E-state index in [1.165, 1.54) is 5.56 Å². The van der Waals surface area contributed by atoms with E-state index in [0.29, 0.717) is 6.42 Å². The summed E-state index contributed by atoms with van der Waals surface area (Å²) < 4.78 is 0. The first-order valence-corrected chi connectivity index (χ1v) is 8.85. The zero-order valence-electron chi connectivity index (χ0n) is 15.2. The number of aromatic nitrogens is 3. The Bertz CT molecular complexity index is 704. The van der Waals surface area contributed by atoms with Crippen LogP contribution >= 0.6 is 0 Å². The molecule has 1 atom stereocenters. The molecule has 25 heavy (non-hydrogen) atoms. The van der Waals surface area contributed by atoms with E-state index in [-0.39, 0.29) is 17.4 Å². The molecule has 1 aliphatic heterocycles. The fourth-order valence-corrected chi connectivity index (χ4v) is 3.13. The minimum Gasteiger partial charge on any atom is -0.352 e. The van der Waals surface area contributed by atoms with Gasteiger partial charge in [-0.15, -0.1) is 0 Å². The van der Waals surface area contributed by atoms with Gasteiger partial charge in [-0.05, 0) is 30.2 Å². The first-order valence-electron chi connectivity index (χ1n) is 8.85. The minimum absolute atomic E-state index is 0.0319. The molecule has 0 radical (unpaired) electrons. The third-order valence-corrected chi connectivity index (χ3v) is 4.51. The molecule has 0 unspecified atom stereocenters. The summed E-state index contributed by atoms with van der Waals surface area (Å²) in [6.45, 7) is 8.91.